The fourth-order valence-corrected chi connectivity index (χ4v) is 9.17. The summed E-state index contributed by atoms with van der Waals surface area (Å²) in [5.74, 6) is 3.27. The number of nitrogens with zero attached hydrogens (tertiary/aromatic N) is 3. The van der Waals surface area contributed by atoms with Crippen LogP contribution >= 0.6 is 0 Å². The number of rotatable bonds is 4. The van der Waals surface area contributed by atoms with Crippen LogP contribution in [0.1, 0.15) is 22.3 Å². The molecule has 0 radical (unpaired) electrons. The zero-order valence-electron chi connectivity index (χ0n) is 30.6. The molecule has 10 aromatic rings. The molecule has 0 amide bonds. The number of fused-ring (bicyclic) bond motifs is 12. The van der Waals surface area contributed by atoms with Crippen LogP contribution in [0, 0.1) is 0 Å². The maximum Gasteiger partial charge on any atom is 0.167 e. The topological polar surface area (TPSA) is 61.0 Å². The summed E-state index contributed by atoms with van der Waals surface area (Å²) in [5.41, 5.74) is 12.9. The molecule has 266 valence electrons. The average molecular weight is 730 g/mol. The second kappa shape index (κ2) is 12.2. The Kier molecular flexibility index (Phi) is 6.78. The molecule has 5 heteroatoms. The average Bonchev–Trinajstić information content (AvgIpc) is 3.81. The molecular formula is C52H31N3O2. The van der Waals surface area contributed by atoms with Crippen molar-refractivity contribution in [3.63, 3.8) is 0 Å². The molecule has 1 aliphatic carbocycles. The Labute approximate surface area is 328 Å². The molecule has 8 aromatic carbocycles. The van der Waals surface area contributed by atoms with Crippen molar-refractivity contribution in [2.24, 2.45) is 0 Å². The third kappa shape index (κ3) is 4.60. The minimum Gasteiger partial charge on any atom is -0.456 e. The summed E-state index contributed by atoms with van der Waals surface area (Å²) in [6.45, 7) is 0. The van der Waals surface area contributed by atoms with Gasteiger partial charge in [-0.1, -0.05) is 170 Å². The van der Waals surface area contributed by atoms with Crippen molar-refractivity contribution in [3.05, 3.63) is 210 Å². The minimum absolute atomic E-state index is 0.543. The predicted octanol–water partition coefficient (Wildman–Crippen LogP) is 12.9. The first-order valence-corrected chi connectivity index (χ1v) is 19.2. The summed E-state index contributed by atoms with van der Waals surface area (Å²) in [6.07, 6.45) is 0. The van der Waals surface area contributed by atoms with Gasteiger partial charge in [0.25, 0.3) is 0 Å². The number of para-hydroxylation sites is 4. The highest BCUT2D eigenvalue weighted by Gasteiger charge is 2.51. The van der Waals surface area contributed by atoms with Gasteiger partial charge >= 0.3 is 0 Å². The van der Waals surface area contributed by atoms with Crippen molar-refractivity contribution in [2.45, 2.75) is 5.41 Å². The standard InChI is InChI=1S/C52H31N3O2/c1-2-14-33(15-3-1)49-53-50(34-30-28-32(29-31-34)35-19-12-20-39-38-18-6-10-26-45(38)56-47(35)39)55-51(54-49)40-21-13-25-44-48(40)57-46-27-11-9-24-43(46)52(44)41-22-7-4-16-36(41)37-17-5-8-23-42(37)52/h1-31H. The quantitative estimate of drug-likeness (QED) is 0.180. The number of hydrogen-bond acceptors (Lipinski definition) is 5. The molecular weight excluding hydrogens is 699 g/mol. The van der Waals surface area contributed by atoms with E-state index in [0.717, 1.165) is 72.4 Å². The van der Waals surface area contributed by atoms with Crippen molar-refractivity contribution in [3.8, 4) is 67.9 Å². The first-order chi connectivity index (χ1) is 28.3. The first kappa shape index (κ1) is 31.7. The van der Waals surface area contributed by atoms with Gasteiger partial charge in [-0.05, 0) is 46.0 Å². The monoisotopic (exact) mass is 729 g/mol. The van der Waals surface area contributed by atoms with Gasteiger partial charge < -0.3 is 9.15 Å². The van der Waals surface area contributed by atoms with Crippen molar-refractivity contribution in [2.75, 3.05) is 0 Å². The smallest absolute Gasteiger partial charge is 0.167 e. The Bertz CT molecular complexity index is 3180. The van der Waals surface area contributed by atoms with Crippen molar-refractivity contribution in [1.29, 1.82) is 0 Å². The van der Waals surface area contributed by atoms with Gasteiger partial charge in [-0.2, -0.15) is 0 Å². The number of ether oxygens (including phenoxy) is 1. The van der Waals surface area contributed by atoms with E-state index in [1.165, 1.54) is 22.3 Å². The Morgan fingerprint density at radius 1 is 0.351 bits per heavy atom. The Balaban J connectivity index is 1.05. The summed E-state index contributed by atoms with van der Waals surface area (Å²) in [7, 11) is 0. The van der Waals surface area contributed by atoms with Crippen molar-refractivity contribution in [1.82, 2.24) is 15.0 Å². The van der Waals surface area contributed by atoms with Crippen LogP contribution in [0.2, 0.25) is 0 Å². The van der Waals surface area contributed by atoms with E-state index in [4.69, 9.17) is 24.1 Å². The third-order valence-corrected chi connectivity index (χ3v) is 11.6. The van der Waals surface area contributed by atoms with Crippen LogP contribution in [0.3, 0.4) is 0 Å². The molecule has 0 atom stereocenters. The van der Waals surface area contributed by atoms with Gasteiger partial charge in [0.05, 0.1) is 11.0 Å². The van der Waals surface area contributed by atoms with Crippen LogP contribution in [0.5, 0.6) is 11.5 Å². The minimum atomic E-state index is -0.593. The number of benzene rings is 8. The van der Waals surface area contributed by atoms with Crippen LogP contribution in [0.4, 0.5) is 0 Å². The van der Waals surface area contributed by atoms with Gasteiger partial charge in [-0.15, -0.1) is 0 Å². The summed E-state index contributed by atoms with van der Waals surface area (Å²) < 4.78 is 13.4. The molecule has 1 spiro atoms. The van der Waals surface area contributed by atoms with E-state index in [1.807, 2.05) is 54.6 Å². The molecule has 0 fully saturated rings. The summed E-state index contributed by atoms with van der Waals surface area (Å²) in [6, 6.07) is 65.3. The molecule has 3 heterocycles. The number of hydrogen-bond donors (Lipinski definition) is 0. The summed E-state index contributed by atoms with van der Waals surface area (Å²) in [5, 5.41) is 2.21. The highest BCUT2D eigenvalue weighted by Crippen LogP contribution is 2.63. The van der Waals surface area contributed by atoms with Gasteiger partial charge in [0.15, 0.2) is 17.5 Å². The molecule has 2 aromatic heterocycles. The Morgan fingerprint density at radius 3 is 1.65 bits per heavy atom. The largest absolute Gasteiger partial charge is 0.456 e. The molecule has 0 saturated carbocycles. The SMILES string of the molecule is c1ccc(-c2nc(-c3ccc(-c4cccc5c4oc4ccccc45)cc3)nc(-c3cccc4c3Oc3ccccc3C43c4ccccc4-c4ccccc43)n2)cc1. The second-order valence-electron chi connectivity index (χ2n) is 14.7. The Hall–Kier alpha value is -7.63. The van der Waals surface area contributed by atoms with E-state index < -0.39 is 5.41 Å². The molecule has 0 saturated heterocycles. The fourth-order valence-electron chi connectivity index (χ4n) is 9.17. The van der Waals surface area contributed by atoms with Crippen LogP contribution in [0.15, 0.2) is 192 Å². The van der Waals surface area contributed by atoms with E-state index in [2.05, 4.69) is 133 Å². The molecule has 0 N–H and O–H groups in total. The Morgan fingerprint density at radius 2 is 0.877 bits per heavy atom. The van der Waals surface area contributed by atoms with Crippen molar-refractivity contribution < 1.29 is 9.15 Å². The number of furan rings is 1. The van der Waals surface area contributed by atoms with Gasteiger partial charge in [0, 0.05) is 38.6 Å². The van der Waals surface area contributed by atoms with Gasteiger partial charge in [-0.3, -0.25) is 0 Å². The first-order valence-electron chi connectivity index (χ1n) is 19.2. The second-order valence-corrected chi connectivity index (χ2v) is 14.7. The lowest BCUT2D eigenvalue weighted by Gasteiger charge is -2.39. The van der Waals surface area contributed by atoms with Crippen LogP contribution in [-0.2, 0) is 5.41 Å². The molecule has 1 aliphatic heterocycles. The van der Waals surface area contributed by atoms with Crippen LogP contribution in [-0.4, -0.2) is 15.0 Å². The molecule has 57 heavy (non-hydrogen) atoms. The van der Waals surface area contributed by atoms with E-state index in [1.54, 1.807) is 0 Å². The summed E-state index contributed by atoms with van der Waals surface area (Å²) >= 11 is 0. The lowest BCUT2D eigenvalue weighted by atomic mass is 9.66. The van der Waals surface area contributed by atoms with Crippen LogP contribution < -0.4 is 4.74 Å². The van der Waals surface area contributed by atoms with Gasteiger partial charge in [0.2, 0.25) is 0 Å². The molecule has 0 unspecified atom stereocenters. The van der Waals surface area contributed by atoms with E-state index >= 15 is 0 Å². The maximum absolute atomic E-state index is 6.98. The fraction of sp³-hybridized carbons (Fsp3) is 0.0192. The normalized spacial score (nSPS) is 13.2. The van der Waals surface area contributed by atoms with Gasteiger partial charge in [-0.25, -0.2) is 15.0 Å². The van der Waals surface area contributed by atoms with E-state index in [9.17, 15) is 0 Å². The van der Waals surface area contributed by atoms with Crippen molar-refractivity contribution >= 4 is 21.9 Å². The third-order valence-electron chi connectivity index (χ3n) is 11.6. The molecule has 2 aliphatic rings. The lowest BCUT2D eigenvalue weighted by Crippen LogP contribution is -2.32. The zero-order chi connectivity index (χ0) is 37.5. The molecule has 5 nitrogen and oxygen atoms in total. The van der Waals surface area contributed by atoms with E-state index in [-0.39, 0.29) is 0 Å². The highest BCUT2D eigenvalue weighted by atomic mass is 16.5. The lowest BCUT2D eigenvalue weighted by molar-refractivity contribution is 0.437. The van der Waals surface area contributed by atoms with E-state index in [0.29, 0.717) is 17.5 Å². The number of aromatic nitrogens is 3. The van der Waals surface area contributed by atoms with Gasteiger partial charge in [0.1, 0.15) is 22.7 Å². The zero-order valence-corrected chi connectivity index (χ0v) is 30.6. The summed E-state index contributed by atoms with van der Waals surface area (Å²) in [4.78, 5) is 15.5. The van der Waals surface area contributed by atoms with Crippen LogP contribution in [0.25, 0.3) is 78.4 Å². The molecule has 0 bridgehead atoms. The maximum atomic E-state index is 6.98. The highest BCUT2D eigenvalue weighted by molar-refractivity contribution is 6.09. The molecule has 12 rings (SSSR count). The predicted molar refractivity (Wildman–Crippen MR) is 226 cm³/mol.